The fourth-order valence-corrected chi connectivity index (χ4v) is 7.26. The summed E-state index contributed by atoms with van der Waals surface area (Å²) in [6.07, 6.45) is 7.36. The van der Waals surface area contributed by atoms with E-state index in [4.69, 9.17) is 0 Å². The molecule has 0 heterocycles. The number of hydrogen-bond acceptors (Lipinski definition) is 2. The van der Waals surface area contributed by atoms with Crippen molar-refractivity contribution < 1.29 is 0 Å². The summed E-state index contributed by atoms with van der Waals surface area (Å²) in [4.78, 5) is 0. The molecule has 0 aromatic rings. The second-order valence-electron chi connectivity index (χ2n) is 10.9. The molecule has 0 aromatic heterocycles. The summed E-state index contributed by atoms with van der Waals surface area (Å²) >= 11 is 0. The van der Waals surface area contributed by atoms with Gasteiger partial charge in [-0.25, -0.2) is 0 Å². The Kier molecular flexibility index (Phi) is 9.06. The van der Waals surface area contributed by atoms with Crippen molar-refractivity contribution in [3.8, 4) is 0 Å². The van der Waals surface area contributed by atoms with Gasteiger partial charge in [0.05, 0.1) is 0 Å². The topological polar surface area (TPSA) is 24.1 Å². The quantitative estimate of drug-likeness (QED) is 0.595. The minimum absolute atomic E-state index is 0. The smallest absolute Gasteiger partial charge is 0.00989 e. The molecule has 2 unspecified atom stereocenters. The average molecular weight is 435 g/mol. The van der Waals surface area contributed by atoms with E-state index in [-0.39, 0.29) is 40.5 Å². The lowest BCUT2D eigenvalue weighted by atomic mass is 9.45. The van der Waals surface area contributed by atoms with Crippen LogP contribution in [0.1, 0.15) is 66.7 Å². The van der Waals surface area contributed by atoms with Crippen LogP contribution in [-0.4, -0.2) is 25.7 Å². The lowest BCUT2D eigenvalue weighted by Crippen LogP contribution is -2.60. The monoisotopic (exact) mass is 434 g/mol. The molecule has 7 atom stereocenters. The molecule has 5 heteroatoms. The minimum Gasteiger partial charge on any atom is -0.315 e. The Morgan fingerprint density at radius 1 is 0.778 bits per heavy atom. The molecule has 162 valence electrons. The van der Waals surface area contributed by atoms with Crippen LogP contribution in [0.25, 0.3) is 0 Å². The molecule has 0 saturated heterocycles. The van der Waals surface area contributed by atoms with E-state index in [1.165, 1.54) is 38.6 Å². The summed E-state index contributed by atoms with van der Waals surface area (Å²) < 4.78 is 0. The van der Waals surface area contributed by atoms with Gasteiger partial charge in [0.15, 0.2) is 0 Å². The summed E-state index contributed by atoms with van der Waals surface area (Å²) in [5.41, 5.74) is 1.25. The molecule has 27 heavy (non-hydrogen) atoms. The van der Waals surface area contributed by atoms with E-state index >= 15 is 0 Å². The number of hydrogen-bond donors (Lipinski definition) is 2. The Labute approximate surface area is 189 Å². The van der Waals surface area contributed by atoms with E-state index in [1.54, 1.807) is 0 Å². The van der Waals surface area contributed by atoms with Crippen molar-refractivity contribution in [2.45, 2.75) is 72.8 Å². The molecule has 0 spiro atoms. The Bertz CT molecular complexity index is 480. The van der Waals surface area contributed by atoms with Crippen LogP contribution in [0.15, 0.2) is 0 Å². The maximum absolute atomic E-state index is 3.88. The zero-order valence-electron chi connectivity index (χ0n) is 18.2. The summed E-state index contributed by atoms with van der Waals surface area (Å²) in [6.45, 7) is 16.1. The summed E-state index contributed by atoms with van der Waals surface area (Å²) in [7, 11) is 0. The SMILES string of the molecule is C[C@@H]1[C@H]2C[C@@H](C[C@H]1NCCNCC1CC[C@H]3CC1C3(C)C)C2(C)C.S.S.S. The third kappa shape index (κ3) is 4.38. The Hall–Kier alpha value is 0.970. The molecule has 6 aliphatic rings. The predicted octanol–water partition coefficient (Wildman–Crippen LogP) is 4.65. The molecule has 0 radical (unpaired) electrons. The zero-order chi connectivity index (χ0) is 17.1. The number of nitrogens with one attached hydrogen (secondary N) is 2. The molecular formula is C22H46N2S3. The summed E-state index contributed by atoms with van der Waals surface area (Å²) in [5.74, 6) is 5.74. The second-order valence-corrected chi connectivity index (χ2v) is 10.9. The standard InChI is InChI=1S/C22H40N2.3H2S/c1-14-18-11-17(22(18,4)5)12-20(14)24-9-8-23-13-15-6-7-16-10-19(15)21(16,2)3;;;/h14-20,23-24H,6-13H2,1-5H3;3*1H2/t14-,15?,16+,17+,18-,19?,20-;;;/m1.../s1. The molecule has 0 aromatic carbocycles. The highest BCUT2D eigenvalue weighted by atomic mass is 32.1. The van der Waals surface area contributed by atoms with Crippen molar-refractivity contribution >= 4 is 40.5 Å². The van der Waals surface area contributed by atoms with Crippen LogP contribution >= 0.6 is 40.5 Å². The van der Waals surface area contributed by atoms with E-state index in [2.05, 4.69) is 45.3 Å². The maximum Gasteiger partial charge on any atom is 0.00989 e. The molecule has 4 bridgehead atoms. The van der Waals surface area contributed by atoms with Crippen molar-refractivity contribution in [2.75, 3.05) is 19.6 Å². The van der Waals surface area contributed by atoms with Crippen LogP contribution in [0.4, 0.5) is 0 Å². The fourth-order valence-electron chi connectivity index (χ4n) is 7.26. The van der Waals surface area contributed by atoms with E-state index in [9.17, 15) is 0 Å². The van der Waals surface area contributed by atoms with Crippen LogP contribution in [0.3, 0.4) is 0 Å². The minimum atomic E-state index is 0. The molecule has 6 saturated carbocycles. The van der Waals surface area contributed by atoms with Gasteiger partial charge in [0.25, 0.3) is 0 Å². The van der Waals surface area contributed by atoms with Gasteiger partial charge in [-0.3, -0.25) is 0 Å². The normalized spacial score (nSPS) is 42.3. The largest absolute Gasteiger partial charge is 0.315 e. The molecule has 6 fully saturated rings. The fraction of sp³-hybridized carbons (Fsp3) is 1.00. The Morgan fingerprint density at radius 3 is 1.96 bits per heavy atom. The number of fused-ring (bicyclic) bond motifs is 4. The zero-order valence-corrected chi connectivity index (χ0v) is 21.2. The molecule has 2 nitrogen and oxygen atoms in total. The van der Waals surface area contributed by atoms with Crippen LogP contribution in [-0.2, 0) is 0 Å². The highest BCUT2D eigenvalue weighted by Gasteiger charge is 2.56. The molecular weight excluding hydrogens is 388 g/mol. The van der Waals surface area contributed by atoms with E-state index < -0.39 is 0 Å². The van der Waals surface area contributed by atoms with Crippen molar-refractivity contribution in [1.82, 2.24) is 10.6 Å². The average Bonchev–Trinajstić information content (AvgIpc) is 2.55. The first-order valence-corrected chi connectivity index (χ1v) is 10.8. The van der Waals surface area contributed by atoms with Gasteiger partial charge in [0, 0.05) is 19.1 Å². The first kappa shape index (κ1) is 26.0. The first-order chi connectivity index (χ1) is 11.3. The van der Waals surface area contributed by atoms with Crippen LogP contribution < -0.4 is 10.6 Å². The molecule has 2 N–H and O–H groups in total. The van der Waals surface area contributed by atoms with Crippen LogP contribution in [0.5, 0.6) is 0 Å². The first-order valence-electron chi connectivity index (χ1n) is 10.8. The lowest BCUT2D eigenvalue weighted by Gasteiger charge is -2.62. The summed E-state index contributed by atoms with van der Waals surface area (Å²) in [6, 6.07) is 0.768. The van der Waals surface area contributed by atoms with Crippen LogP contribution in [0, 0.1) is 46.3 Å². The maximum atomic E-state index is 3.88. The van der Waals surface area contributed by atoms with Crippen molar-refractivity contribution in [2.24, 2.45) is 46.3 Å². The van der Waals surface area contributed by atoms with Crippen molar-refractivity contribution in [3.05, 3.63) is 0 Å². The van der Waals surface area contributed by atoms with Crippen LogP contribution in [0.2, 0.25) is 0 Å². The predicted molar refractivity (Wildman–Crippen MR) is 133 cm³/mol. The third-order valence-electron chi connectivity index (χ3n) is 9.47. The Morgan fingerprint density at radius 2 is 1.41 bits per heavy atom. The van der Waals surface area contributed by atoms with Crippen molar-refractivity contribution in [1.29, 1.82) is 0 Å². The highest BCUT2D eigenvalue weighted by Crippen LogP contribution is 2.62. The van der Waals surface area contributed by atoms with Gasteiger partial charge in [0.1, 0.15) is 0 Å². The van der Waals surface area contributed by atoms with Gasteiger partial charge < -0.3 is 10.6 Å². The third-order valence-corrected chi connectivity index (χ3v) is 9.47. The van der Waals surface area contributed by atoms with Gasteiger partial charge in [-0.15, -0.1) is 0 Å². The number of rotatable bonds is 6. The van der Waals surface area contributed by atoms with Gasteiger partial charge in [0.2, 0.25) is 0 Å². The van der Waals surface area contributed by atoms with E-state index in [1.807, 2.05) is 0 Å². The highest BCUT2D eigenvalue weighted by molar-refractivity contribution is 7.59. The van der Waals surface area contributed by atoms with Gasteiger partial charge in [-0.2, -0.15) is 40.5 Å². The van der Waals surface area contributed by atoms with Gasteiger partial charge in [-0.05, 0) is 85.0 Å². The molecule has 6 aliphatic carbocycles. The summed E-state index contributed by atoms with van der Waals surface area (Å²) in [5, 5.41) is 7.66. The van der Waals surface area contributed by atoms with Crippen molar-refractivity contribution in [3.63, 3.8) is 0 Å². The van der Waals surface area contributed by atoms with E-state index in [0.717, 1.165) is 54.6 Å². The Balaban J connectivity index is 0.00000121. The lowest BCUT2D eigenvalue weighted by molar-refractivity contribution is -0.115. The molecule has 0 aliphatic heterocycles. The van der Waals surface area contributed by atoms with Gasteiger partial charge >= 0.3 is 0 Å². The second kappa shape index (κ2) is 9.41. The van der Waals surface area contributed by atoms with Gasteiger partial charge in [-0.1, -0.05) is 34.6 Å². The molecule has 6 rings (SSSR count). The van der Waals surface area contributed by atoms with E-state index in [0.29, 0.717) is 10.8 Å². The molecule has 0 amide bonds.